The predicted octanol–water partition coefficient (Wildman–Crippen LogP) is 1.97. The number of benzene rings is 1. The van der Waals surface area contributed by atoms with Gasteiger partial charge in [0, 0.05) is 29.2 Å². The van der Waals surface area contributed by atoms with Crippen molar-refractivity contribution in [1.82, 2.24) is 4.98 Å². The summed E-state index contributed by atoms with van der Waals surface area (Å²) in [7, 11) is 0. The Morgan fingerprint density at radius 1 is 1.22 bits per heavy atom. The maximum absolute atomic E-state index is 6.04. The summed E-state index contributed by atoms with van der Waals surface area (Å²) < 4.78 is 5.56. The predicted molar refractivity (Wildman–Crippen MR) is 73.9 cm³/mol. The van der Waals surface area contributed by atoms with E-state index in [4.69, 9.17) is 16.2 Å². The van der Waals surface area contributed by atoms with Gasteiger partial charge in [0.05, 0.1) is 5.69 Å². The third-order valence-corrected chi connectivity index (χ3v) is 3.60. The highest BCUT2D eigenvalue weighted by molar-refractivity contribution is 5.90. The second kappa shape index (κ2) is 4.53. The van der Waals surface area contributed by atoms with E-state index < -0.39 is 0 Å². The maximum Gasteiger partial charge on any atom is 0.144 e. The highest BCUT2D eigenvalue weighted by atomic mass is 16.5. The summed E-state index contributed by atoms with van der Waals surface area (Å²) >= 11 is 0. The van der Waals surface area contributed by atoms with Crippen LogP contribution in [0.25, 0.3) is 10.9 Å². The first kappa shape index (κ1) is 11.4. The maximum atomic E-state index is 6.04. The molecular weight excluding hydrogens is 226 g/mol. The molecule has 0 fully saturated rings. The molecule has 1 aromatic heterocycles. The SMILES string of the molecule is NCCOc1cc2[nH]c3c(c2cc1N)CCCC3. The van der Waals surface area contributed by atoms with Crippen LogP contribution in [-0.2, 0) is 12.8 Å². The molecule has 96 valence electrons. The lowest BCUT2D eigenvalue weighted by Gasteiger charge is -2.11. The van der Waals surface area contributed by atoms with Crippen LogP contribution in [0.1, 0.15) is 24.1 Å². The van der Waals surface area contributed by atoms with Gasteiger partial charge >= 0.3 is 0 Å². The second-order valence-corrected chi connectivity index (χ2v) is 4.86. The average Bonchev–Trinajstić information content (AvgIpc) is 2.74. The minimum Gasteiger partial charge on any atom is -0.490 e. The van der Waals surface area contributed by atoms with E-state index in [9.17, 15) is 0 Å². The van der Waals surface area contributed by atoms with Gasteiger partial charge in [-0.25, -0.2) is 0 Å². The van der Waals surface area contributed by atoms with E-state index >= 15 is 0 Å². The molecule has 3 rings (SSSR count). The number of nitrogens with one attached hydrogen (secondary N) is 1. The third-order valence-electron chi connectivity index (χ3n) is 3.60. The molecule has 0 saturated heterocycles. The standard InChI is InChI=1S/C14H19N3O/c15-5-6-18-14-8-13-10(7-11(14)16)9-3-1-2-4-12(9)17-13/h7-8,17H,1-6,15-16H2. The number of rotatable bonds is 3. The van der Waals surface area contributed by atoms with Gasteiger partial charge in [-0.1, -0.05) is 0 Å². The van der Waals surface area contributed by atoms with Crippen LogP contribution in [0, 0.1) is 0 Å². The van der Waals surface area contributed by atoms with Gasteiger partial charge in [0.25, 0.3) is 0 Å². The van der Waals surface area contributed by atoms with E-state index in [1.807, 2.05) is 12.1 Å². The van der Waals surface area contributed by atoms with Crippen LogP contribution in [-0.4, -0.2) is 18.1 Å². The van der Waals surface area contributed by atoms with Gasteiger partial charge in [-0.15, -0.1) is 0 Å². The van der Waals surface area contributed by atoms with Crippen LogP contribution < -0.4 is 16.2 Å². The van der Waals surface area contributed by atoms with Gasteiger partial charge in [-0.3, -0.25) is 0 Å². The van der Waals surface area contributed by atoms with Crippen molar-refractivity contribution in [2.45, 2.75) is 25.7 Å². The van der Waals surface area contributed by atoms with Gasteiger partial charge in [-0.2, -0.15) is 0 Å². The fourth-order valence-corrected chi connectivity index (χ4v) is 2.75. The van der Waals surface area contributed by atoms with Crippen molar-refractivity contribution in [3.8, 4) is 5.75 Å². The second-order valence-electron chi connectivity index (χ2n) is 4.86. The molecule has 5 N–H and O–H groups in total. The molecule has 0 amide bonds. The van der Waals surface area contributed by atoms with Crippen molar-refractivity contribution in [2.24, 2.45) is 5.73 Å². The topological polar surface area (TPSA) is 77.1 Å². The molecule has 1 aliphatic rings. The molecular formula is C14H19N3O. The number of aryl methyl sites for hydroxylation is 2. The lowest BCUT2D eigenvalue weighted by Crippen LogP contribution is -2.11. The van der Waals surface area contributed by atoms with Crippen LogP contribution >= 0.6 is 0 Å². The third kappa shape index (κ3) is 1.82. The summed E-state index contributed by atoms with van der Waals surface area (Å²) in [6.07, 6.45) is 4.83. The Bertz CT molecular complexity index is 574. The number of ether oxygens (including phenoxy) is 1. The summed E-state index contributed by atoms with van der Waals surface area (Å²) in [6, 6.07) is 4.03. The first-order chi connectivity index (χ1) is 8.79. The highest BCUT2D eigenvalue weighted by Gasteiger charge is 2.16. The fourth-order valence-electron chi connectivity index (χ4n) is 2.75. The van der Waals surface area contributed by atoms with Crippen molar-refractivity contribution >= 4 is 16.6 Å². The molecule has 18 heavy (non-hydrogen) atoms. The zero-order valence-corrected chi connectivity index (χ0v) is 10.5. The molecule has 0 aliphatic heterocycles. The van der Waals surface area contributed by atoms with Crippen LogP contribution in [0.3, 0.4) is 0 Å². The largest absolute Gasteiger partial charge is 0.490 e. The van der Waals surface area contributed by atoms with Crippen LogP contribution in [0.2, 0.25) is 0 Å². The smallest absolute Gasteiger partial charge is 0.144 e. The van der Waals surface area contributed by atoms with E-state index in [2.05, 4.69) is 4.98 Å². The first-order valence-corrected chi connectivity index (χ1v) is 6.55. The number of nitrogen functional groups attached to an aromatic ring is 1. The van der Waals surface area contributed by atoms with Gasteiger partial charge in [0.1, 0.15) is 12.4 Å². The molecule has 1 aromatic carbocycles. The summed E-state index contributed by atoms with van der Waals surface area (Å²) in [5.74, 6) is 0.728. The van der Waals surface area contributed by atoms with E-state index in [1.165, 1.54) is 29.5 Å². The summed E-state index contributed by atoms with van der Waals surface area (Å²) in [4.78, 5) is 3.49. The van der Waals surface area contributed by atoms with Gasteiger partial charge in [0.15, 0.2) is 0 Å². The van der Waals surface area contributed by atoms with Crippen molar-refractivity contribution in [3.63, 3.8) is 0 Å². The molecule has 4 heteroatoms. The number of aromatic amines is 1. The molecule has 0 bridgehead atoms. The normalized spacial score (nSPS) is 14.7. The number of fused-ring (bicyclic) bond motifs is 3. The average molecular weight is 245 g/mol. The molecule has 0 radical (unpaired) electrons. The Morgan fingerprint density at radius 2 is 2.06 bits per heavy atom. The number of H-pyrrole nitrogens is 1. The lowest BCUT2D eigenvalue weighted by atomic mass is 9.95. The van der Waals surface area contributed by atoms with Crippen molar-refractivity contribution in [2.75, 3.05) is 18.9 Å². The van der Waals surface area contributed by atoms with Crippen molar-refractivity contribution < 1.29 is 4.74 Å². The quantitative estimate of drug-likeness (QED) is 0.723. The first-order valence-electron chi connectivity index (χ1n) is 6.55. The fraction of sp³-hybridized carbons (Fsp3) is 0.429. The Hall–Kier alpha value is -1.68. The lowest BCUT2D eigenvalue weighted by molar-refractivity contribution is 0.330. The molecule has 0 unspecified atom stereocenters. The molecule has 2 aromatic rings. The monoisotopic (exact) mass is 245 g/mol. The van der Waals surface area contributed by atoms with Gasteiger partial charge in [-0.05, 0) is 37.3 Å². The Morgan fingerprint density at radius 3 is 2.89 bits per heavy atom. The van der Waals surface area contributed by atoms with E-state index in [1.54, 1.807) is 0 Å². The minimum atomic E-state index is 0.496. The van der Waals surface area contributed by atoms with Crippen molar-refractivity contribution in [3.05, 3.63) is 23.4 Å². The van der Waals surface area contributed by atoms with E-state index in [0.29, 0.717) is 18.8 Å². The molecule has 1 heterocycles. The van der Waals surface area contributed by atoms with Gasteiger partial charge in [0.2, 0.25) is 0 Å². The van der Waals surface area contributed by atoms with Crippen LogP contribution in [0.5, 0.6) is 5.75 Å². The molecule has 0 spiro atoms. The minimum absolute atomic E-state index is 0.496. The number of nitrogens with two attached hydrogens (primary N) is 2. The number of aromatic nitrogens is 1. The van der Waals surface area contributed by atoms with E-state index in [0.717, 1.165) is 24.1 Å². The Kier molecular flexibility index (Phi) is 2.88. The Labute approximate surface area is 106 Å². The molecule has 0 atom stereocenters. The summed E-state index contributed by atoms with van der Waals surface area (Å²) in [5, 5.41) is 1.25. The van der Waals surface area contributed by atoms with E-state index in [-0.39, 0.29) is 0 Å². The molecule has 1 aliphatic carbocycles. The summed E-state index contributed by atoms with van der Waals surface area (Å²) in [5.41, 5.74) is 16.1. The zero-order chi connectivity index (χ0) is 12.5. The summed E-state index contributed by atoms with van der Waals surface area (Å²) in [6.45, 7) is 0.995. The molecule has 4 nitrogen and oxygen atoms in total. The van der Waals surface area contributed by atoms with Gasteiger partial charge < -0.3 is 21.2 Å². The number of hydrogen-bond donors (Lipinski definition) is 3. The van der Waals surface area contributed by atoms with Crippen LogP contribution in [0.15, 0.2) is 12.1 Å². The number of hydrogen-bond acceptors (Lipinski definition) is 3. The molecule has 0 saturated carbocycles. The van der Waals surface area contributed by atoms with Crippen LogP contribution in [0.4, 0.5) is 5.69 Å². The Balaban J connectivity index is 2.07. The van der Waals surface area contributed by atoms with Crippen molar-refractivity contribution in [1.29, 1.82) is 0 Å². The highest BCUT2D eigenvalue weighted by Crippen LogP contribution is 2.34. The zero-order valence-electron chi connectivity index (χ0n) is 10.5. The number of anilines is 1.